The molecule has 0 radical (unpaired) electrons. The van der Waals surface area contributed by atoms with Crippen LogP contribution in [0.2, 0.25) is 0 Å². The Morgan fingerprint density at radius 1 is 1.63 bits per heavy atom. The van der Waals surface area contributed by atoms with E-state index in [1.165, 1.54) is 17.5 Å². The van der Waals surface area contributed by atoms with E-state index in [0.717, 1.165) is 12.5 Å². The summed E-state index contributed by atoms with van der Waals surface area (Å²) < 4.78 is 7.36. The van der Waals surface area contributed by atoms with Crippen molar-refractivity contribution >= 4 is 21.6 Å². The molecule has 1 aromatic rings. The Kier molecular flexibility index (Phi) is 5.15. The maximum atomic E-state index is 11.9. The zero-order valence-corrected chi connectivity index (χ0v) is 12.4. The van der Waals surface area contributed by atoms with Crippen LogP contribution in [0.25, 0.3) is 0 Å². The number of nitrogens with one attached hydrogen (secondary N) is 1. The molecule has 1 heterocycles. The van der Waals surface area contributed by atoms with Crippen molar-refractivity contribution < 1.29 is 4.74 Å². The summed E-state index contributed by atoms with van der Waals surface area (Å²) >= 11 is 3.29. The second-order valence-corrected chi connectivity index (χ2v) is 5.39. The fourth-order valence-corrected chi connectivity index (χ4v) is 2.08. The van der Waals surface area contributed by atoms with E-state index in [1.807, 2.05) is 0 Å². The van der Waals surface area contributed by atoms with Crippen molar-refractivity contribution in [1.82, 2.24) is 9.78 Å². The highest BCUT2D eigenvalue weighted by molar-refractivity contribution is 9.10. The molecule has 104 valence electrons. The monoisotopic (exact) mass is 327 g/mol. The number of anilines is 1. The lowest BCUT2D eigenvalue weighted by atomic mass is 10.4. The van der Waals surface area contributed by atoms with Gasteiger partial charge in [0, 0.05) is 13.2 Å². The molecule has 5 nitrogen and oxygen atoms in total. The van der Waals surface area contributed by atoms with Gasteiger partial charge in [0.25, 0.3) is 5.56 Å². The van der Waals surface area contributed by atoms with Crippen molar-refractivity contribution in [3.63, 3.8) is 0 Å². The van der Waals surface area contributed by atoms with Gasteiger partial charge < -0.3 is 10.1 Å². The third-order valence-electron chi connectivity index (χ3n) is 2.90. The average molecular weight is 328 g/mol. The largest absolute Gasteiger partial charge is 0.380 e. The third-order valence-corrected chi connectivity index (χ3v) is 3.67. The number of ether oxygens (including phenoxy) is 1. The van der Waals surface area contributed by atoms with Crippen LogP contribution in [0.4, 0.5) is 5.69 Å². The smallest absolute Gasteiger partial charge is 0.283 e. The number of halogens is 1. The molecule has 2 rings (SSSR count). The van der Waals surface area contributed by atoms with Crippen molar-refractivity contribution in [2.75, 3.05) is 25.1 Å². The zero-order valence-electron chi connectivity index (χ0n) is 10.8. The molecule has 6 heteroatoms. The first kappa shape index (κ1) is 14.3. The highest BCUT2D eigenvalue weighted by atomic mass is 79.9. The van der Waals surface area contributed by atoms with E-state index in [0.29, 0.717) is 29.9 Å². The SMILES string of the molecule is C=CCn1ncc(NCCOCC2CC2)c(Br)c1=O. The summed E-state index contributed by atoms with van der Waals surface area (Å²) in [5, 5.41) is 7.21. The number of hydrogen-bond donors (Lipinski definition) is 1. The van der Waals surface area contributed by atoms with Crippen LogP contribution in [0.15, 0.2) is 28.1 Å². The maximum Gasteiger partial charge on any atom is 0.283 e. The molecule has 1 saturated carbocycles. The van der Waals surface area contributed by atoms with E-state index in [4.69, 9.17) is 4.74 Å². The normalized spacial score (nSPS) is 14.4. The standard InChI is InChI=1S/C13H18BrN3O2/c1-2-6-17-13(18)12(14)11(8-16-17)15-5-7-19-9-10-3-4-10/h2,8,10,15H,1,3-7,9H2. The number of nitrogens with zero attached hydrogens (tertiary/aromatic N) is 2. The van der Waals surface area contributed by atoms with Gasteiger partial charge in [-0.1, -0.05) is 6.08 Å². The van der Waals surface area contributed by atoms with E-state index < -0.39 is 0 Å². The molecule has 1 fully saturated rings. The maximum absolute atomic E-state index is 11.9. The second kappa shape index (κ2) is 6.86. The Morgan fingerprint density at radius 2 is 2.42 bits per heavy atom. The van der Waals surface area contributed by atoms with Gasteiger partial charge in [0.1, 0.15) is 4.47 Å². The summed E-state index contributed by atoms with van der Waals surface area (Å²) in [6, 6.07) is 0. The molecule has 0 saturated heterocycles. The van der Waals surface area contributed by atoms with Gasteiger partial charge in [0.05, 0.1) is 25.0 Å². The lowest BCUT2D eigenvalue weighted by molar-refractivity contribution is 0.134. The zero-order chi connectivity index (χ0) is 13.7. The van der Waals surface area contributed by atoms with Crippen LogP contribution < -0.4 is 10.9 Å². The van der Waals surface area contributed by atoms with Gasteiger partial charge in [0.15, 0.2) is 0 Å². The number of allylic oxidation sites excluding steroid dienone is 1. The van der Waals surface area contributed by atoms with Gasteiger partial charge in [-0.3, -0.25) is 4.79 Å². The summed E-state index contributed by atoms with van der Waals surface area (Å²) in [7, 11) is 0. The Labute approximate surface area is 120 Å². The molecule has 0 amide bonds. The lowest BCUT2D eigenvalue weighted by Gasteiger charge is -2.09. The van der Waals surface area contributed by atoms with E-state index in [-0.39, 0.29) is 5.56 Å². The Bertz CT molecular complexity index is 497. The number of hydrogen-bond acceptors (Lipinski definition) is 4. The molecule has 19 heavy (non-hydrogen) atoms. The highest BCUT2D eigenvalue weighted by Gasteiger charge is 2.20. The van der Waals surface area contributed by atoms with Crippen molar-refractivity contribution in [3.05, 3.63) is 33.7 Å². The molecule has 1 aliphatic rings. The molecule has 1 N–H and O–H groups in total. The van der Waals surface area contributed by atoms with E-state index in [1.54, 1.807) is 12.3 Å². The summed E-state index contributed by atoms with van der Waals surface area (Å²) in [5.74, 6) is 0.774. The first-order valence-electron chi connectivity index (χ1n) is 6.40. The predicted octanol–water partition coefficient (Wildman–Crippen LogP) is 2.03. The van der Waals surface area contributed by atoms with Crippen LogP contribution in [0.3, 0.4) is 0 Å². The molecule has 0 aliphatic heterocycles. The second-order valence-electron chi connectivity index (χ2n) is 4.59. The highest BCUT2D eigenvalue weighted by Crippen LogP contribution is 2.28. The van der Waals surface area contributed by atoms with Crippen molar-refractivity contribution in [2.24, 2.45) is 5.92 Å². The van der Waals surface area contributed by atoms with Crippen LogP contribution in [-0.4, -0.2) is 29.5 Å². The van der Waals surface area contributed by atoms with E-state index >= 15 is 0 Å². The molecular formula is C13H18BrN3O2. The van der Waals surface area contributed by atoms with Gasteiger partial charge in [-0.25, -0.2) is 4.68 Å². The first-order valence-corrected chi connectivity index (χ1v) is 7.19. The van der Waals surface area contributed by atoms with Crippen molar-refractivity contribution in [2.45, 2.75) is 19.4 Å². The lowest BCUT2D eigenvalue weighted by Crippen LogP contribution is -2.24. The molecule has 0 aromatic carbocycles. The Balaban J connectivity index is 1.83. The fourth-order valence-electron chi connectivity index (χ4n) is 1.63. The van der Waals surface area contributed by atoms with Gasteiger partial charge in [-0.2, -0.15) is 5.10 Å². The van der Waals surface area contributed by atoms with Crippen LogP contribution in [0.1, 0.15) is 12.8 Å². The molecule has 0 spiro atoms. The van der Waals surface area contributed by atoms with Crippen LogP contribution in [-0.2, 0) is 11.3 Å². The average Bonchev–Trinajstić information content (AvgIpc) is 3.21. The summed E-state index contributed by atoms with van der Waals surface area (Å²) in [5.41, 5.74) is 0.532. The van der Waals surface area contributed by atoms with Crippen LogP contribution >= 0.6 is 15.9 Å². The molecule has 0 bridgehead atoms. The van der Waals surface area contributed by atoms with Crippen LogP contribution in [0.5, 0.6) is 0 Å². The molecular weight excluding hydrogens is 310 g/mol. The minimum atomic E-state index is -0.163. The van der Waals surface area contributed by atoms with E-state index in [2.05, 4.69) is 32.9 Å². The summed E-state index contributed by atoms with van der Waals surface area (Å²) in [6.45, 7) is 6.15. The first-order chi connectivity index (χ1) is 9.22. The van der Waals surface area contributed by atoms with Crippen molar-refractivity contribution in [1.29, 1.82) is 0 Å². The molecule has 0 atom stereocenters. The third kappa shape index (κ3) is 4.18. The fraction of sp³-hybridized carbons (Fsp3) is 0.538. The predicted molar refractivity (Wildman–Crippen MR) is 78.4 cm³/mol. The minimum absolute atomic E-state index is 0.163. The minimum Gasteiger partial charge on any atom is -0.380 e. The molecule has 0 unspecified atom stereocenters. The Hall–Kier alpha value is -1.14. The summed E-state index contributed by atoms with van der Waals surface area (Å²) in [6.07, 6.45) is 5.87. The van der Waals surface area contributed by atoms with Gasteiger partial charge in [0.2, 0.25) is 0 Å². The van der Waals surface area contributed by atoms with Gasteiger partial charge >= 0.3 is 0 Å². The van der Waals surface area contributed by atoms with E-state index in [9.17, 15) is 4.79 Å². The number of rotatable bonds is 8. The van der Waals surface area contributed by atoms with Crippen LogP contribution in [0, 0.1) is 5.92 Å². The number of aromatic nitrogens is 2. The van der Waals surface area contributed by atoms with Crippen molar-refractivity contribution in [3.8, 4) is 0 Å². The Morgan fingerprint density at radius 3 is 3.11 bits per heavy atom. The van der Waals surface area contributed by atoms with Gasteiger partial charge in [-0.15, -0.1) is 6.58 Å². The topological polar surface area (TPSA) is 56.1 Å². The molecule has 1 aliphatic carbocycles. The molecule has 1 aromatic heterocycles. The van der Waals surface area contributed by atoms with Gasteiger partial charge in [-0.05, 0) is 34.7 Å². The quantitative estimate of drug-likeness (QED) is 0.586. The summed E-state index contributed by atoms with van der Waals surface area (Å²) in [4.78, 5) is 11.9.